The van der Waals surface area contributed by atoms with E-state index in [2.05, 4.69) is 10.3 Å². The Kier molecular flexibility index (Phi) is 4.23. The van der Waals surface area contributed by atoms with Gasteiger partial charge in [-0.05, 0) is 44.0 Å². The number of hydrogen-bond acceptors (Lipinski definition) is 3. The van der Waals surface area contributed by atoms with Crippen molar-refractivity contribution in [2.24, 2.45) is 0 Å². The van der Waals surface area contributed by atoms with Gasteiger partial charge in [0.2, 0.25) is 0 Å². The van der Waals surface area contributed by atoms with E-state index in [0.29, 0.717) is 24.4 Å². The van der Waals surface area contributed by atoms with Gasteiger partial charge in [0.05, 0.1) is 5.69 Å². The molecule has 0 unspecified atom stereocenters. The van der Waals surface area contributed by atoms with Crippen molar-refractivity contribution >= 4 is 5.91 Å². The monoisotopic (exact) mass is 272 g/mol. The third-order valence-corrected chi connectivity index (χ3v) is 3.41. The fraction of sp³-hybridized carbons (Fsp3) is 0.375. The van der Waals surface area contributed by atoms with Crippen molar-refractivity contribution in [1.82, 2.24) is 10.3 Å². The van der Waals surface area contributed by atoms with Crippen molar-refractivity contribution in [3.8, 4) is 0 Å². The van der Waals surface area contributed by atoms with Crippen LogP contribution in [0, 0.1) is 27.7 Å². The summed E-state index contributed by atoms with van der Waals surface area (Å²) in [5, 5.41) is 2.90. The predicted molar refractivity (Wildman–Crippen MR) is 77.9 cm³/mol. The largest absolute Gasteiger partial charge is 0.446 e. The topological polar surface area (TPSA) is 55.1 Å². The molecule has 0 aliphatic heterocycles. The molecule has 0 fully saturated rings. The number of carbonyl (C=O) groups is 1. The van der Waals surface area contributed by atoms with Crippen molar-refractivity contribution in [3.63, 3.8) is 0 Å². The highest BCUT2D eigenvalue weighted by molar-refractivity contribution is 5.94. The summed E-state index contributed by atoms with van der Waals surface area (Å²) >= 11 is 0. The smallest absolute Gasteiger partial charge is 0.251 e. The number of carbonyl (C=O) groups excluding carboxylic acids is 1. The number of rotatable bonds is 4. The first-order valence-corrected chi connectivity index (χ1v) is 6.75. The van der Waals surface area contributed by atoms with E-state index < -0.39 is 0 Å². The Morgan fingerprint density at radius 1 is 1.20 bits per heavy atom. The van der Waals surface area contributed by atoms with Gasteiger partial charge >= 0.3 is 0 Å². The van der Waals surface area contributed by atoms with Gasteiger partial charge in [-0.1, -0.05) is 6.07 Å². The van der Waals surface area contributed by atoms with E-state index in [-0.39, 0.29) is 5.91 Å². The second kappa shape index (κ2) is 5.90. The van der Waals surface area contributed by atoms with Crippen LogP contribution in [0.25, 0.3) is 0 Å². The van der Waals surface area contributed by atoms with E-state index in [1.807, 2.05) is 45.9 Å². The standard InChI is InChI=1S/C16H20N2O2/c1-10-5-6-14(9-11(10)2)16(19)17-8-7-15-12(3)18-13(4)20-15/h5-6,9H,7-8H2,1-4H3,(H,17,19). The summed E-state index contributed by atoms with van der Waals surface area (Å²) in [5.41, 5.74) is 3.90. The molecule has 0 spiro atoms. The lowest BCUT2D eigenvalue weighted by Gasteiger charge is -2.06. The van der Waals surface area contributed by atoms with Gasteiger partial charge in [-0.25, -0.2) is 4.98 Å². The molecule has 4 heteroatoms. The molecule has 0 radical (unpaired) electrons. The lowest BCUT2D eigenvalue weighted by molar-refractivity contribution is 0.0953. The van der Waals surface area contributed by atoms with Crippen molar-refractivity contribution in [2.45, 2.75) is 34.1 Å². The highest BCUT2D eigenvalue weighted by Crippen LogP contribution is 2.11. The van der Waals surface area contributed by atoms with Crippen LogP contribution < -0.4 is 5.32 Å². The van der Waals surface area contributed by atoms with Crippen LogP contribution in [-0.2, 0) is 6.42 Å². The maximum atomic E-state index is 12.0. The molecule has 1 heterocycles. The average molecular weight is 272 g/mol. The maximum absolute atomic E-state index is 12.0. The Hall–Kier alpha value is -2.10. The van der Waals surface area contributed by atoms with E-state index in [9.17, 15) is 4.79 Å². The Bertz CT molecular complexity index is 629. The van der Waals surface area contributed by atoms with Crippen LogP contribution in [0.5, 0.6) is 0 Å². The lowest BCUT2D eigenvalue weighted by atomic mass is 10.1. The first-order valence-electron chi connectivity index (χ1n) is 6.75. The van der Waals surface area contributed by atoms with E-state index in [4.69, 9.17) is 4.42 Å². The molecule has 0 atom stereocenters. The Labute approximate surface area is 119 Å². The molecule has 1 amide bonds. The van der Waals surface area contributed by atoms with Crippen molar-refractivity contribution in [1.29, 1.82) is 0 Å². The van der Waals surface area contributed by atoms with E-state index in [1.54, 1.807) is 0 Å². The zero-order valence-electron chi connectivity index (χ0n) is 12.4. The lowest BCUT2D eigenvalue weighted by Crippen LogP contribution is -2.25. The molecule has 2 rings (SSSR count). The zero-order valence-corrected chi connectivity index (χ0v) is 12.4. The summed E-state index contributed by atoms with van der Waals surface area (Å²) in [6, 6.07) is 5.73. The first-order chi connectivity index (χ1) is 9.47. The summed E-state index contributed by atoms with van der Waals surface area (Å²) in [6.07, 6.45) is 0.656. The van der Waals surface area contributed by atoms with E-state index in [0.717, 1.165) is 17.0 Å². The highest BCUT2D eigenvalue weighted by Gasteiger charge is 2.09. The molecule has 0 saturated carbocycles. The molecule has 1 aromatic heterocycles. The summed E-state index contributed by atoms with van der Waals surface area (Å²) < 4.78 is 5.47. The van der Waals surface area contributed by atoms with Crippen molar-refractivity contribution in [3.05, 3.63) is 52.2 Å². The summed E-state index contributed by atoms with van der Waals surface area (Å²) in [6.45, 7) is 8.32. The predicted octanol–water partition coefficient (Wildman–Crippen LogP) is 2.88. The zero-order chi connectivity index (χ0) is 14.7. The van der Waals surface area contributed by atoms with Gasteiger partial charge in [0.1, 0.15) is 5.76 Å². The van der Waals surface area contributed by atoms with Crippen LogP contribution in [0.3, 0.4) is 0 Å². The first kappa shape index (κ1) is 14.3. The van der Waals surface area contributed by atoms with Gasteiger partial charge < -0.3 is 9.73 Å². The van der Waals surface area contributed by atoms with Crippen LogP contribution in [0.1, 0.15) is 38.8 Å². The third kappa shape index (κ3) is 3.26. The Morgan fingerprint density at radius 3 is 2.55 bits per heavy atom. The quantitative estimate of drug-likeness (QED) is 0.931. The minimum Gasteiger partial charge on any atom is -0.446 e. The van der Waals surface area contributed by atoms with Crippen molar-refractivity contribution < 1.29 is 9.21 Å². The number of aryl methyl sites for hydroxylation is 4. The molecule has 0 aliphatic carbocycles. The molecule has 0 saturated heterocycles. The normalized spacial score (nSPS) is 10.6. The number of hydrogen-bond donors (Lipinski definition) is 1. The molecule has 1 N–H and O–H groups in total. The highest BCUT2D eigenvalue weighted by atomic mass is 16.4. The van der Waals surface area contributed by atoms with Gasteiger partial charge in [0.25, 0.3) is 5.91 Å². The van der Waals surface area contributed by atoms with Crippen molar-refractivity contribution in [2.75, 3.05) is 6.54 Å². The Balaban J connectivity index is 1.92. The summed E-state index contributed by atoms with van der Waals surface area (Å²) in [4.78, 5) is 16.2. The number of aromatic nitrogens is 1. The molecule has 1 aromatic carbocycles. The number of nitrogens with one attached hydrogen (secondary N) is 1. The maximum Gasteiger partial charge on any atom is 0.251 e. The van der Waals surface area contributed by atoms with Crippen LogP contribution in [0.15, 0.2) is 22.6 Å². The van der Waals surface area contributed by atoms with Crippen LogP contribution >= 0.6 is 0 Å². The number of nitrogens with zero attached hydrogens (tertiary/aromatic N) is 1. The van der Waals surface area contributed by atoms with E-state index in [1.165, 1.54) is 5.56 Å². The van der Waals surface area contributed by atoms with Gasteiger partial charge in [0, 0.05) is 25.5 Å². The van der Waals surface area contributed by atoms with E-state index >= 15 is 0 Å². The number of amides is 1. The molecule has 4 nitrogen and oxygen atoms in total. The van der Waals surface area contributed by atoms with Gasteiger partial charge in [-0.15, -0.1) is 0 Å². The second-order valence-corrected chi connectivity index (χ2v) is 5.05. The fourth-order valence-electron chi connectivity index (χ4n) is 2.08. The molecule has 106 valence electrons. The third-order valence-electron chi connectivity index (χ3n) is 3.41. The summed E-state index contributed by atoms with van der Waals surface area (Å²) in [7, 11) is 0. The average Bonchev–Trinajstić information content (AvgIpc) is 2.71. The summed E-state index contributed by atoms with van der Waals surface area (Å²) in [5.74, 6) is 1.45. The fourth-order valence-corrected chi connectivity index (χ4v) is 2.08. The van der Waals surface area contributed by atoms with Crippen LogP contribution in [-0.4, -0.2) is 17.4 Å². The minimum atomic E-state index is -0.0537. The molecular weight excluding hydrogens is 252 g/mol. The molecule has 0 bridgehead atoms. The minimum absolute atomic E-state index is 0.0537. The van der Waals surface area contributed by atoms with Crippen LogP contribution in [0.4, 0.5) is 0 Å². The Morgan fingerprint density at radius 2 is 1.95 bits per heavy atom. The van der Waals surface area contributed by atoms with Gasteiger partial charge in [0.15, 0.2) is 5.89 Å². The molecule has 2 aromatic rings. The second-order valence-electron chi connectivity index (χ2n) is 5.05. The van der Waals surface area contributed by atoms with Gasteiger partial charge in [-0.3, -0.25) is 4.79 Å². The molecule has 20 heavy (non-hydrogen) atoms. The van der Waals surface area contributed by atoms with Crippen LogP contribution in [0.2, 0.25) is 0 Å². The SMILES string of the molecule is Cc1nc(C)c(CCNC(=O)c2ccc(C)c(C)c2)o1. The molecular formula is C16H20N2O2. The number of oxazole rings is 1. The number of benzene rings is 1. The molecule has 0 aliphatic rings. The van der Waals surface area contributed by atoms with Gasteiger partial charge in [-0.2, -0.15) is 0 Å².